The van der Waals surface area contributed by atoms with Crippen LogP contribution in [0.5, 0.6) is 0 Å². The Morgan fingerprint density at radius 3 is 3.00 bits per heavy atom. The van der Waals surface area contributed by atoms with Crippen molar-refractivity contribution < 1.29 is 19.4 Å². The molecule has 5 nitrogen and oxygen atoms in total. The van der Waals surface area contributed by atoms with Crippen LogP contribution in [-0.4, -0.2) is 30.2 Å². The van der Waals surface area contributed by atoms with Gasteiger partial charge < -0.3 is 15.2 Å². The molecule has 1 amide bonds. The lowest BCUT2D eigenvalue weighted by Gasteiger charge is -2.05. The fourth-order valence-corrected chi connectivity index (χ4v) is 2.36. The predicted molar refractivity (Wildman–Crippen MR) is 78.6 cm³/mol. The molecule has 0 bridgehead atoms. The first-order valence-corrected chi connectivity index (χ1v) is 7.33. The van der Waals surface area contributed by atoms with Gasteiger partial charge in [-0.1, -0.05) is 0 Å². The molecule has 0 atom stereocenters. The molecule has 6 heteroatoms. The highest BCUT2D eigenvalue weighted by molar-refractivity contribution is 7.10. The number of hydrogen-bond acceptors (Lipinski definition) is 4. The molecule has 0 spiro atoms. The van der Waals surface area contributed by atoms with E-state index in [9.17, 15) is 9.59 Å². The van der Waals surface area contributed by atoms with Crippen molar-refractivity contribution in [3.63, 3.8) is 0 Å². The van der Waals surface area contributed by atoms with Crippen LogP contribution in [0.1, 0.15) is 30.2 Å². The maximum absolute atomic E-state index is 11.6. The predicted octanol–water partition coefficient (Wildman–Crippen LogP) is 2.28. The van der Waals surface area contributed by atoms with Gasteiger partial charge in [-0.15, -0.1) is 11.3 Å². The third-order valence-corrected chi connectivity index (χ3v) is 3.46. The molecule has 1 aromatic rings. The molecule has 0 fully saturated rings. The Bertz CT molecular complexity index is 467. The second kappa shape index (κ2) is 9.28. The molecule has 1 heterocycles. The van der Waals surface area contributed by atoms with E-state index in [1.165, 1.54) is 17.4 Å². The molecule has 1 aromatic heterocycles. The molecule has 20 heavy (non-hydrogen) atoms. The van der Waals surface area contributed by atoms with E-state index in [0.29, 0.717) is 32.6 Å². The zero-order chi connectivity index (χ0) is 14.8. The molecule has 0 aliphatic carbocycles. The molecule has 0 saturated carbocycles. The lowest BCUT2D eigenvalue weighted by Crippen LogP contribution is -2.22. The standard InChI is InChI=1S/C14H19NO4S/c1-2-19-8-3-4-13(16)15-10-12-11(7-9-20-12)5-6-14(17)18/h5-7,9H,2-4,8,10H2,1H3,(H,15,16)(H,17,18)/b6-5+. The number of carbonyl (C=O) groups excluding carboxylic acids is 1. The van der Waals surface area contributed by atoms with E-state index in [4.69, 9.17) is 9.84 Å². The Morgan fingerprint density at radius 2 is 2.30 bits per heavy atom. The second-order valence-electron chi connectivity index (χ2n) is 4.05. The normalized spacial score (nSPS) is 10.8. The molecule has 110 valence electrons. The number of amides is 1. The summed E-state index contributed by atoms with van der Waals surface area (Å²) >= 11 is 1.49. The largest absolute Gasteiger partial charge is 0.478 e. The molecule has 0 aromatic carbocycles. The van der Waals surface area contributed by atoms with Crippen LogP contribution in [0.25, 0.3) is 6.08 Å². The van der Waals surface area contributed by atoms with Gasteiger partial charge in [-0.3, -0.25) is 4.79 Å². The van der Waals surface area contributed by atoms with Crippen molar-refractivity contribution in [1.29, 1.82) is 0 Å². The summed E-state index contributed by atoms with van der Waals surface area (Å²) in [5.41, 5.74) is 0.826. The van der Waals surface area contributed by atoms with E-state index in [0.717, 1.165) is 16.5 Å². The quantitative estimate of drug-likeness (QED) is 0.541. The maximum Gasteiger partial charge on any atom is 0.328 e. The monoisotopic (exact) mass is 297 g/mol. The van der Waals surface area contributed by atoms with Gasteiger partial charge >= 0.3 is 5.97 Å². The number of carboxylic acids is 1. The summed E-state index contributed by atoms with van der Waals surface area (Å²) in [6.07, 6.45) is 3.77. The molecule has 0 aliphatic heterocycles. The highest BCUT2D eigenvalue weighted by Crippen LogP contribution is 2.18. The summed E-state index contributed by atoms with van der Waals surface area (Å²) in [5.74, 6) is -1.01. The van der Waals surface area contributed by atoms with Crippen molar-refractivity contribution in [1.82, 2.24) is 5.32 Å². The molecule has 2 N–H and O–H groups in total. The topological polar surface area (TPSA) is 75.6 Å². The summed E-state index contributed by atoms with van der Waals surface area (Å²) in [6, 6.07) is 1.83. The van der Waals surface area contributed by atoms with Gasteiger partial charge in [0.1, 0.15) is 0 Å². The van der Waals surface area contributed by atoms with Crippen molar-refractivity contribution in [2.24, 2.45) is 0 Å². The van der Waals surface area contributed by atoms with Crippen LogP contribution in [0.4, 0.5) is 0 Å². The van der Waals surface area contributed by atoms with Gasteiger partial charge in [0.05, 0.1) is 6.54 Å². The van der Waals surface area contributed by atoms with Crippen LogP contribution >= 0.6 is 11.3 Å². The minimum atomic E-state index is -0.984. The van der Waals surface area contributed by atoms with E-state index in [-0.39, 0.29) is 5.91 Å². The lowest BCUT2D eigenvalue weighted by molar-refractivity contribution is -0.131. The smallest absolute Gasteiger partial charge is 0.328 e. The van der Waals surface area contributed by atoms with Crippen LogP contribution in [0.2, 0.25) is 0 Å². The Morgan fingerprint density at radius 1 is 1.50 bits per heavy atom. The Balaban J connectivity index is 2.36. The molecular formula is C14H19NO4S. The third-order valence-electron chi connectivity index (χ3n) is 2.53. The van der Waals surface area contributed by atoms with Crippen molar-refractivity contribution in [2.45, 2.75) is 26.3 Å². The fourth-order valence-electron chi connectivity index (χ4n) is 1.55. The van der Waals surface area contributed by atoms with Crippen molar-refractivity contribution >= 4 is 29.3 Å². The Kier molecular flexibility index (Phi) is 7.60. The summed E-state index contributed by atoms with van der Waals surface area (Å²) in [4.78, 5) is 23.0. The number of hydrogen-bond donors (Lipinski definition) is 2. The van der Waals surface area contributed by atoms with E-state index >= 15 is 0 Å². The van der Waals surface area contributed by atoms with Gasteiger partial charge in [0, 0.05) is 30.6 Å². The average molecular weight is 297 g/mol. The number of carbonyl (C=O) groups is 2. The van der Waals surface area contributed by atoms with E-state index < -0.39 is 5.97 Å². The lowest BCUT2D eigenvalue weighted by atomic mass is 10.2. The minimum Gasteiger partial charge on any atom is -0.478 e. The molecule has 0 unspecified atom stereocenters. The van der Waals surface area contributed by atoms with Gasteiger partial charge in [0.25, 0.3) is 0 Å². The van der Waals surface area contributed by atoms with E-state index in [2.05, 4.69) is 5.32 Å². The maximum atomic E-state index is 11.6. The van der Waals surface area contributed by atoms with Gasteiger partial charge in [-0.2, -0.15) is 0 Å². The molecule has 1 rings (SSSR count). The first-order chi connectivity index (χ1) is 9.63. The Labute approximate surface area is 122 Å². The van der Waals surface area contributed by atoms with Crippen LogP contribution in [-0.2, 0) is 20.9 Å². The number of thiophene rings is 1. The van der Waals surface area contributed by atoms with Gasteiger partial charge in [0.2, 0.25) is 5.91 Å². The van der Waals surface area contributed by atoms with Crippen LogP contribution in [0.3, 0.4) is 0 Å². The first kappa shape index (κ1) is 16.4. The average Bonchev–Trinajstić information content (AvgIpc) is 2.86. The highest BCUT2D eigenvalue weighted by atomic mass is 32.1. The second-order valence-corrected chi connectivity index (χ2v) is 5.05. The number of nitrogens with one attached hydrogen (secondary N) is 1. The zero-order valence-electron chi connectivity index (χ0n) is 11.4. The van der Waals surface area contributed by atoms with E-state index in [1.54, 1.807) is 0 Å². The fraction of sp³-hybridized carbons (Fsp3) is 0.429. The SMILES string of the molecule is CCOCCCC(=O)NCc1sccc1/C=C/C(=O)O. The molecular weight excluding hydrogens is 278 g/mol. The number of ether oxygens (including phenoxy) is 1. The van der Waals surface area contributed by atoms with Crippen LogP contribution in [0.15, 0.2) is 17.5 Å². The third kappa shape index (κ3) is 6.49. The molecule has 0 saturated heterocycles. The number of carboxylic acid groups (broad SMARTS) is 1. The van der Waals surface area contributed by atoms with Crippen molar-refractivity contribution in [2.75, 3.05) is 13.2 Å². The van der Waals surface area contributed by atoms with E-state index in [1.807, 2.05) is 18.4 Å². The van der Waals surface area contributed by atoms with Crippen molar-refractivity contribution in [3.05, 3.63) is 28.0 Å². The summed E-state index contributed by atoms with van der Waals surface area (Å²) in [7, 11) is 0. The Hall–Kier alpha value is -1.66. The van der Waals surface area contributed by atoms with Crippen LogP contribution < -0.4 is 5.32 Å². The van der Waals surface area contributed by atoms with Gasteiger partial charge in [0.15, 0.2) is 0 Å². The van der Waals surface area contributed by atoms with Gasteiger partial charge in [-0.05, 0) is 36.4 Å². The van der Waals surface area contributed by atoms with Gasteiger partial charge in [-0.25, -0.2) is 4.79 Å². The summed E-state index contributed by atoms with van der Waals surface area (Å²) in [5, 5.41) is 13.3. The van der Waals surface area contributed by atoms with Crippen LogP contribution in [0, 0.1) is 0 Å². The zero-order valence-corrected chi connectivity index (χ0v) is 12.2. The summed E-state index contributed by atoms with van der Waals surface area (Å²) in [6.45, 7) is 3.60. The number of rotatable bonds is 9. The first-order valence-electron chi connectivity index (χ1n) is 6.45. The van der Waals surface area contributed by atoms with Crippen molar-refractivity contribution in [3.8, 4) is 0 Å². The highest BCUT2D eigenvalue weighted by Gasteiger charge is 2.05. The molecule has 0 aliphatic rings. The minimum absolute atomic E-state index is 0.0220. The number of aliphatic carboxylic acids is 1. The summed E-state index contributed by atoms with van der Waals surface area (Å²) < 4.78 is 5.17. The molecule has 0 radical (unpaired) electrons.